The van der Waals surface area contributed by atoms with Crippen molar-refractivity contribution in [2.45, 2.75) is 38.1 Å². The van der Waals surface area contributed by atoms with Gasteiger partial charge in [-0.25, -0.2) is 19.2 Å². The Morgan fingerprint density at radius 2 is 1.96 bits per heavy atom. The van der Waals surface area contributed by atoms with Gasteiger partial charge in [-0.2, -0.15) is 0 Å². The highest BCUT2D eigenvalue weighted by atomic mass is 35.5. The van der Waals surface area contributed by atoms with E-state index in [1.54, 1.807) is 12.1 Å². The fraction of sp³-hybridized carbons (Fsp3) is 0.368. The van der Waals surface area contributed by atoms with Gasteiger partial charge in [-0.15, -0.1) is 0 Å². The van der Waals surface area contributed by atoms with E-state index in [4.69, 9.17) is 16.3 Å². The first-order valence-corrected chi connectivity index (χ1v) is 8.94. The first-order valence-electron chi connectivity index (χ1n) is 8.56. The summed E-state index contributed by atoms with van der Waals surface area (Å²) in [6, 6.07) is 5.01. The van der Waals surface area contributed by atoms with Gasteiger partial charge in [-0.05, 0) is 30.5 Å². The van der Waals surface area contributed by atoms with Gasteiger partial charge in [0, 0.05) is 19.3 Å². The molecule has 0 saturated heterocycles. The van der Waals surface area contributed by atoms with Gasteiger partial charge in [0.15, 0.2) is 5.78 Å². The first kappa shape index (κ1) is 19.2. The van der Waals surface area contributed by atoms with Crippen molar-refractivity contribution in [1.82, 2.24) is 9.97 Å². The molecule has 1 atom stereocenters. The molecular formula is C19H19ClFN3O3. The van der Waals surface area contributed by atoms with Crippen LogP contribution in [0.1, 0.15) is 47.6 Å². The second-order valence-electron chi connectivity index (χ2n) is 6.47. The van der Waals surface area contributed by atoms with Crippen molar-refractivity contribution >= 4 is 29.2 Å². The second-order valence-corrected chi connectivity index (χ2v) is 6.85. The molecular weight excluding hydrogens is 373 g/mol. The van der Waals surface area contributed by atoms with Gasteiger partial charge in [0.1, 0.15) is 34.2 Å². The van der Waals surface area contributed by atoms with E-state index < -0.39 is 12.0 Å². The minimum atomic E-state index is -0.806. The van der Waals surface area contributed by atoms with Crippen LogP contribution >= 0.6 is 11.6 Å². The number of anilines is 1. The predicted octanol–water partition coefficient (Wildman–Crippen LogP) is 3.55. The number of aromatic nitrogens is 2. The summed E-state index contributed by atoms with van der Waals surface area (Å²) in [5.41, 5.74) is 0.861. The maximum atomic E-state index is 13.1. The number of esters is 1. The highest BCUT2D eigenvalue weighted by Gasteiger charge is 2.30. The molecule has 0 spiro atoms. The molecule has 1 saturated carbocycles. The minimum absolute atomic E-state index is 0.0694. The van der Waals surface area contributed by atoms with Gasteiger partial charge < -0.3 is 10.1 Å². The van der Waals surface area contributed by atoms with Crippen LogP contribution in [0.15, 0.2) is 24.3 Å². The van der Waals surface area contributed by atoms with Crippen LogP contribution < -0.4 is 5.32 Å². The number of ether oxygens (including phenoxy) is 1. The lowest BCUT2D eigenvalue weighted by molar-refractivity contribution is -0.141. The molecule has 1 fully saturated rings. The van der Waals surface area contributed by atoms with E-state index >= 15 is 0 Å². The lowest BCUT2D eigenvalue weighted by Gasteiger charge is -2.19. The number of nitrogens with one attached hydrogen (secondary N) is 1. The summed E-state index contributed by atoms with van der Waals surface area (Å²) >= 11 is 6.31. The molecule has 3 rings (SSSR count). The fourth-order valence-corrected chi connectivity index (χ4v) is 2.95. The average molecular weight is 392 g/mol. The molecule has 0 aliphatic heterocycles. The Morgan fingerprint density at radius 3 is 2.52 bits per heavy atom. The van der Waals surface area contributed by atoms with Crippen LogP contribution in [0.5, 0.6) is 0 Å². The second kappa shape index (κ2) is 8.00. The Balaban J connectivity index is 1.91. The topological polar surface area (TPSA) is 81.2 Å². The molecule has 8 heteroatoms. The highest BCUT2D eigenvalue weighted by molar-refractivity contribution is 6.35. The smallest absolute Gasteiger partial charge is 0.328 e. The molecule has 0 amide bonds. The summed E-state index contributed by atoms with van der Waals surface area (Å²) < 4.78 is 18.0. The third kappa shape index (κ3) is 4.60. The fourth-order valence-electron chi connectivity index (χ4n) is 2.67. The van der Waals surface area contributed by atoms with E-state index in [1.807, 2.05) is 0 Å². The summed E-state index contributed by atoms with van der Waals surface area (Å²) in [4.78, 5) is 32.8. The lowest BCUT2D eigenvalue weighted by atomic mass is 10.1. The number of rotatable bonds is 7. The van der Waals surface area contributed by atoms with Crippen molar-refractivity contribution in [2.75, 3.05) is 12.4 Å². The van der Waals surface area contributed by atoms with Crippen LogP contribution in [-0.4, -0.2) is 34.9 Å². The quantitative estimate of drug-likeness (QED) is 0.574. The van der Waals surface area contributed by atoms with Gasteiger partial charge in [0.2, 0.25) is 0 Å². The molecule has 142 valence electrons. The van der Waals surface area contributed by atoms with Crippen molar-refractivity contribution < 1.29 is 18.7 Å². The van der Waals surface area contributed by atoms with Crippen molar-refractivity contribution in [1.29, 1.82) is 0 Å². The number of nitrogens with zero attached hydrogens (tertiary/aromatic N) is 2. The number of carbonyl (C=O) groups excluding carboxylic acids is 2. The van der Waals surface area contributed by atoms with E-state index in [1.165, 1.54) is 26.2 Å². The number of hydrogen-bond donors (Lipinski definition) is 1. The molecule has 1 aliphatic rings. The Labute approximate surface area is 161 Å². The third-order valence-corrected chi connectivity index (χ3v) is 4.65. The Bertz CT molecular complexity index is 869. The SMILES string of the molecule is COC(=O)C(Cc1ccc(F)cc1)Nc1nc(C2CC2)nc(C(C)=O)c1Cl. The van der Waals surface area contributed by atoms with Crippen molar-refractivity contribution in [2.24, 2.45) is 0 Å². The molecule has 1 aromatic carbocycles. The molecule has 2 aromatic rings. The number of hydrogen-bond acceptors (Lipinski definition) is 6. The maximum Gasteiger partial charge on any atom is 0.328 e. The van der Waals surface area contributed by atoms with E-state index in [0.29, 0.717) is 5.82 Å². The van der Waals surface area contributed by atoms with Crippen LogP contribution in [0.3, 0.4) is 0 Å². The molecule has 6 nitrogen and oxygen atoms in total. The summed E-state index contributed by atoms with van der Waals surface area (Å²) in [7, 11) is 1.28. The monoisotopic (exact) mass is 391 g/mol. The number of halogens is 2. The van der Waals surface area contributed by atoms with Gasteiger partial charge in [-0.1, -0.05) is 23.7 Å². The Morgan fingerprint density at radius 1 is 1.30 bits per heavy atom. The van der Waals surface area contributed by atoms with Gasteiger partial charge in [-0.3, -0.25) is 4.79 Å². The van der Waals surface area contributed by atoms with Crippen molar-refractivity contribution in [3.63, 3.8) is 0 Å². The van der Waals surface area contributed by atoms with E-state index in [2.05, 4.69) is 15.3 Å². The number of benzene rings is 1. The molecule has 1 unspecified atom stereocenters. The zero-order chi connectivity index (χ0) is 19.6. The molecule has 0 bridgehead atoms. The Kier molecular flexibility index (Phi) is 5.70. The summed E-state index contributed by atoms with van der Waals surface area (Å²) in [5.74, 6) is -0.199. The summed E-state index contributed by atoms with van der Waals surface area (Å²) in [5, 5.41) is 3.05. The summed E-state index contributed by atoms with van der Waals surface area (Å²) in [6.45, 7) is 1.38. The normalized spacial score (nSPS) is 14.5. The van der Waals surface area contributed by atoms with Crippen LogP contribution in [0.4, 0.5) is 10.2 Å². The third-order valence-electron chi connectivity index (χ3n) is 4.29. The zero-order valence-corrected chi connectivity index (χ0v) is 15.7. The highest BCUT2D eigenvalue weighted by Crippen LogP contribution is 2.39. The van der Waals surface area contributed by atoms with Gasteiger partial charge in [0.05, 0.1) is 7.11 Å². The van der Waals surface area contributed by atoms with Crippen LogP contribution in [-0.2, 0) is 16.0 Å². The average Bonchev–Trinajstić information content (AvgIpc) is 3.48. The number of ketones is 1. The lowest BCUT2D eigenvalue weighted by Crippen LogP contribution is -2.33. The predicted molar refractivity (Wildman–Crippen MR) is 98.6 cm³/mol. The van der Waals surface area contributed by atoms with Crippen LogP contribution in [0.25, 0.3) is 0 Å². The number of carbonyl (C=O) groups is 2. The molecule has 27 heavy (non-hydrogen) atoms. The first-order chi connectivity index (χ1) is 12.9. The van der Waals surface area contributed by atoms with E-state index in [-0.39, 0.29) is 40.5 Å². The van der Waals surface area contributed by atoms with E-state index in [9.17, 15) is 14.0 Å². The standard InChI is InChI=1S/C19H19ClFN3O3/c1-10(25)16-15(20)18(24-17(23-16)12-5-6-12)22-14(19(26)27-2)9-11-3-7-13(21)8-4-11/h3-4,7-8,12,14H,5-6,9H2,1-2H3,(H,22,23,24). The van der Waals surface area contributed by atoms with Gasteiger partial charge >= 0.3 is 5.97 Å². The van der Waals surface area contributed by atoms with Gasteiger partial charge in [0.25, 0.3) is 0 Å². The number of Topliss-reactive ketones (excluding diaryl/α,β-unsaturated/α-hetero) is 1. The Hall–Kier alpha value is -2.54. The molecule has 0 radical (unpaired) electrons. The molecule has 1 aromatic heterocycles. The summed E-state index contributed by atoms with van der Waals surface area (Å²) in [6.07, 6.45) is 2.14. The zero-order valence-electron chi connectivity index (χ0n) is 15.0. The number of methoxy groups -OCH3 is 1. The molecule has 1 aliphatic carbocycles. The molecule has 1 heterocycles. The largest absolute Gasteiger partial charge is 0.467 e. The van der Waals surface area contributed by atoms with Crippen LogP contribution in [0, 0.1) is 5.82 Å². The van der Waals surface area contributed by atoms with Crippen LogP contribution in [0.2, 0.25) is 5.02 Å². The van der Waals surface area contributed by atoms with Crippen molar-refractivity contribution in [3.05, 3.63) is 52.2 Å². The maximum absolute atomic E-state index is 13.1. The minimum Gasteiger partial charge on any atom is -0.467 e. The van der Waals surface area contributed by atoms with E-state index in [0.717, 1.165) is 18.4 Å². The molecule has 1 N–H and O–H groups in total. The van der Waals surface area contributed by atoms with Crippen molar-refractivity contribution in [3.8, 4) is 0 Å².